The van der Waals surface area contributed by atoms with Crippen LogP contribution in [-0.2, 0) is 17.6 Å². The molecule has 1 aromatic heterocycles. The molecule has 3 rings (SSSR count). The van der Waals surface area contributed by atoms with E-state index in [9.17, 15) is 4.79 Å². The SMILES string of the molecule is Cl.NC(CCN(CCCCc1ccc2c(n1)NCCC2)C1CC1)C(=O)O. The molecule has 146 valence electrons. The molecule has 1 aliphatic heterocycles. The lowest BCUT2D eigenvalue weighted by Gasteiger charge is -2.23. The molecule has 6 nitrogen and oxygen atoms in total. The zero-order valence-electron chi connectivity index (χ0n) is 15.3. The third-order valence-electron chi connectivity index (χ3n) is 5.19. The van der Waals surface area contributed by atoms with Gasteiger partial charge in [0.1, 0.15) is 11.9 Å². The highest BCUT2D eigenvalue weighted by molar-refractivity contribution is 5.85. The first-order chi connectivity index (χ1) is 12.1. The van der Waals surface area contributed by atoms with Gasteiger partial charge in [0, 0.05) is 24.8 Å². The van der Waals surface area contributed by atoms with Gasteiger partial charge in [0.2, 0.25) is 0 Å². The lowest BCUT2D eigenvalue weighted by molar-refractivity contribution is -0.138. The van der Waals surface area contributed by atoms with Gasteiger partial charge in [-0.2, -0.15) is 0 Å². The standard InChI is InChI=1S/C19H30N4O2.ClH/c20-17(19(24)25)10-13-23(16-8-9-16)12-2-1-5-15-7-6-14-4-3-11-21-18(14)22-15;/h6-7,16-17H,1-5,8-13,20H2,(H,21,22)(H,24,25);1H. The first-order valence-corrected chi connectivity index (χ1v) is 9.58. The van der Waals surface area contributed by atoms with Crippen LogP contribution in [0.5, 0.6) is 0 Å². The lowest BCUT2D eigenvalue weighted by Crippen LogP contribution is -2.36. The highest BCUT2D eigenvalue weighted by Gasteiger charge is 2.29. The molecule has 1 aliphatic carbocycles. The number of hydrogen-bond donors (Lipinski definition) is 3. The van der Waals surface area contributed by atoms with Crippen molar-refractivity contribution < 1.29 is 9.90 Å². The highest BCUT2D eigenvalue weighted by atomic mass is 35.5. The molecule has 26 heavy (non-hydrogen) atoms. The summed E-state index contributed by atoms with van der Waals surface area (Å²) < 4.78 is 0. The fourth-order valence-corrected chi connectivity index (χ4v) is 3.47. The van der Waals surface area contributed by atoms with Crippen molar-refractivity contribution in [2.24, 2.45) is 5.73 Å². The molecule has 1 saturated carbocycles. The first kappa shape index (κ1) is 20.9. The fourth-order valence-electron chi connectivity index (χ4n) is 3.47. The monoisotopic (exact) mass is 382 g/mol. The Morgan fingerprint density at radius 3 is 2.88 bits per heavy atom. The Hall–Kier alpha value is -1.37. The summed E-state index contributed by atoms with van der Waals surface area (Å²) in [5.74, 6) is 0.175. The van der Waals surface area contributed by atoms with Crippen LogP contribution in [0.25, 0.3) is 0 Å². The second kappa shape index (κ2) is 10.1. The van der Waals surface area contributed by atoms with E-state index in [0.717, 1.165) is 51.1 Å². The van der Waals surface area contributed by atoms with Gasteiger partial charge in [0.05, 0.1) is 0 Å². The number of pyridine rings is 1. The summed E-state index contributed by atoms with van der Waals surface area (Å²) in [6, 6.07) is 4.28. The number of carbonyl (C=O) groups is 1. The van der Waals surface area contributed by atoms with Crippen LogP contribution in [0.1, 0.15) is 49.8 Å². The predicted octanol–water partition coefficient (Wildman–Crippen LogP) is 2.45. The predicted molar refractivity (Wildman–Crippen MR) is 106 cm³/mol. The Kier molecular flexibility index (Phi) is 8.13. The van der Waals surface area contributed by atoms with Gasteiger partial charge < -0.3 is 21.1 Å². The van der Waals surface area contributed by atoms with Gasteiger partial charge in [-0.05, 0) is 69.5 Å². The van der Waals surface area contributed by atoms with E-state index in [1.165, 1.54) is 30.5 Å². The van der Waals surface area contributed by atoms with Crippen LogP contribution in [0.15, 0.2) is 12.1 Å². The molecule has 1 fully saturated rings. The number of nitrogens with zero attached hydrogens (tertiary/aromatic N) is 2. The molecule has 0 saturated heterocycles. The van der Waals surface area contributed by atoms with Crippen LogP contribution in [0.4, 0.5) is 5.82 Å². The molecular weight excluding hydrogens is 352 g/mol. The highest BCUT2D eigenvalue weighted by Crippen LogP contribution is 2.27. The van der Waals surface area contributed by atoms with Crippen molar-refractivity contribution in [3.8, 4) is 0 Å². The van der Waals surface area contributed by atoms with Crippen molar-refractivity contribution >= 4 is 24.2 Å². The molecule has 0 amide bonds. The van der Waals surface area contributed by atoms with E-state index in [2.05, 4.69) is 22.3 Å². The molecule has 1 unspecified atom stereocenters. The van der Waals surface area contributed by atoms with E-state index >= 15 is 0 Å². The fraction of sp³-hybridized carbons (Fsp3) is 0.684. The van der Waals surface area contributed by atoms with Crippen LogP contribution < -0.4 is 11.1 Å². The summed E-state index contributed by atoms with van der Waals surface area (Å²) in [5.41, 5.74) is 8.13. The first-order valence-electron chi connectivity index (χ1n) is 9.58. The number of unbranched alkanes of at least 4 members (excludes halogenated alkanes) is 1. The molecule has 1 aromatic rings. The van der Waals surface area contributed by atoms with Gasteiger partial charge in [-0.1, -0.05) is 6.07 Å². The van der Waals surface area contributed by atoms with E-state index in [4.69, 9.17) is 15.8 Å². The summed E-state index contributed by atoms with van der Waals surface area (Å²) in [4.78, 5) is 18.0. The zero-order valence-corrected chi connectivity index (χ0v) is 16.1. The number of fused-ring (bicyclic) bond motifs is 1. The number of hydrogen-bond acceptors (Lipinski definition) is 5. The third-order valence-corrected chi connectivity index (χ3v) is 5.19. The maximum Gasteiger partial charge on any atom is 0.320 e. The maximum atomic E-state index is 10.9. The topological polar surface area (TPSA) is 91.5 Å². The minimum atomic E-state index is -0.900. The average molecular weight is 383 g/mol. The number of nitrogens with two attached hydrogens (primary N) is 1. The number of carboxylic acid groups (broad SMARTS) is 1. The molecule has 7 heteroatoms. The normalized spacial score (nSPS) is 17.2. The van der Waals surface area contributed by atoms with Gasteiger partial charge in [-0.3, -0.25) is 4.79 Å². The second-order valence-electron chi connectivity index (χ2n) is 7.30. The van der Waals surface area contributed by atoms with Gasteiger partial charge >= 0.3 is 5.97 Å². The number of carboxylic acids is 1. The number of nitrogens with one attached hydrogen (secondary N) is 1. The smallest absolute Gasteiger partial charge is 0.320 e. The van der Waals surface area contributed by atoms with Crippen molar-refractivity contribution in [2.75, 3.05) is 25.0 Å². The van der Waals surface area contributed by atoms with Crippen LogP contribution in [0.2, 0.25) is 0 Å². The number of aromatic nitrogens is 1. The van der Waals surface area contributed by atoms with Crippen LogP contribution in [0, 0.1) is 0 Å². The average Bonchev–Trinajstić information content (AvgIpc) is 3.45. The lowest BCUT2D eigenvalue weighted by atomic mass is 10.1. The van der Waals surface area contributed by atoms with Crippen molar-refractivity contribution in [3.05, 3.63) is 23.4 Å². The van der Waals surface area contributed by atoms with Crippen LogP contribution in [-0.4, -0.2) is 52.7 Å². The molecule has 0 bridgehead atoms. The van der Waals surface area contributed by atoms with E-state index in [-0.39, 0.29) is 12.4 Å². The van der Waals surface area contributed by atoms with E-state index < -0.39 is 12.0 Å². The summed E-state index contributed by atoms with van der Waals surface area (Å²) in [5, 5.41) is 12.3. The summed E-state index contributed by atoms with van der Waals surface area (Å²) in [7, 11) is 0. The van der Waals surface area contributed by atoms with E-state index in [1.54, 1.807) is 0 Å². The van der Waals surface area contributed by atoms with Gasteiger partial charge in [0.25, 0.3) is 0 Å². The van der Waals surface area contributed by atoms with Gasteiger partial charge in [0.15, 0.2) is 0 Å². The van der Waals surface area contributed by atoms with Crippen molar-refractivity contribution in [3.63, 3.8) is 0 Å². The van der Waals surface area contributed by atoms with Crippen molar-refractivity contribution in [1.29, 1.82) is 0 Å². The zero-order chi connectivity index (χ0) is 17.6. The number of aliphatic carboxylic acids is 1. The summed E-state index contributed by atoms with van der Waals surface area (Å²) in [6.07, 6.45) is 8.55. The Morgan fingerprint density at radius 1 is 1.35 bits per heavy atom. The Labute approximate surface area is 162 Å². The minimum Gasteiger partial charge on any atom is -0.480 e. The molecule has 0 aromatic carbocycles. The third kappa shape index (κ3) is 6.11. The Balaban J connectivity index is 0.00000243. The summed E-state index contributed by atoms with van der Waals surface area (Å²) in [6.45, 7) is 2.84. The van der Waals surface area contributed by atoms with Crippen molar-refractivity contribution in [2.45, 2.75) is 63.5 Å². The summed E-state index contributed by atoms with van der Waals surface area (Å²) >= 11 is 0. The van der Waals surface area contributed by atoms with Crippen LogP contribution in [0.3, 0.4) is 0 Å². The molecule has 2 aliphatic rings. The molecule has 4 N–H and O–H groups in total. The number of aryl methyl sites for hydroxylation is 2. The molecule has 0 radical (unpaired) electrons. The quantitative estimate of drug-likeness (QED) is 0.538. The molecule has 0 spiro atoms. The second-order valence-corrected chi connectivity index (χ2v) is 7.30. The minimum absolute atomic E-state index is 0. The van der Waals surface area contributed by atoms with E-state index in [0.29, 0.717) is 12.5 Å². The van der Waals surface area contributed by atoms with Gasteiger partial charge in [-0.25, -0.2) is 4.98 Å². The molecule has 2 heterocycles. The number of halogens is 1. The van der Waals surface area contributed by atoms with Crippen molar-refractivity contribution in [1.82, 2.24) is 9.88 Å². The number of anilines is 1. The number of rotatable bonds is 10. The van der Waals surface area contributed by atoms with Crippen LogP contribution >= 0.6 is 12.4 Å². The largest absolute Gasteiger partial charge is 0.480 e. The Bertz CT molecular complexity index is 595. The van der Waals surface area contributed by atoms with E-state index in [1.807, 2.05) is 0 Å². The maximum absolute atomic E-state index is 10.9. The Morgan fingerprint density at radius 2 is 2.15 bits per heavy atom. The molecule has 1 atom stereocenters. The van der Waals surface area contributed by atoms with Gasteiger partial charge in [-0.15, -0.1) is 12.4 Å². The molecular formula is C19H31ClN4O2.